The molecule has 1 saturated heterocycles. The van der Waals surface area contributed by atoms with Crippen LogP contribution in [0.4, 0.5) is 0 Å². The van der Waals surface area contributed by atoms with Gasteiger partial charge in [0.25, 0.3) is 0 Å². The Labute approximate surface area is 129 Å². The van der Waals surface area contributed by atoms with Crippen molar-refractivity contribution in [1.29, 1.82) is 0 Å². The molecule has 1 aromatic rings. The number of hydrogen-bond donors (Lipinski definition) is 1. The molecule has 0 radical (unpaired) electrons. The molecule has 1 atom stereocenters. The first-order valence-corrected chi connectivity index (χ1v) is 8.73. The topological polar surface area (TPSA) is 15.3 Å². The van der Waals surface area contributed by atoms with Gasteiger partial charge in [-0.25, -0.2) is 0 Å². The van der Waals surface area contributed by atoms with Gasteiger partial charge in [0.05, 0.1) is 0 Å². The Bertz CT molecular complexity index is 422. The van der Waals surface area contributed by atoms with Gasteiger partial charge in [-0.2, -0.15) is 0 Å². The van der Waals surface area contributed by atoms with Gasteiger partial charge in [-0.15, -0.1) is 0 Å². The Morgan fingerprint density at radius 1 is 1.19 bits per heavy atom. The van der Waals surface area contributed by atoms with E-state index in [1.54, 1.807) is 0 Å². The third-order valence-corrected chi connectivity index (χ3v) is 5.46. The molecule has 2 heteroatoms. The van der Waals surface area contributed by atoms with E-state index in [0.717, 1.165) is 6.04 Å². The van der Waals surface area contributed by atoms with Crippen molar-refractivity contribution >= 4 is 0 Å². The molecule has 1 aliphatic heterocycles. The minimum absolute atomic E-state index is 0.581. The monoisotopic (exact) mass is 286 g/mol. The second kappa shape index (κ2) is 6.93. The molecule has 0 bridgehead atoms. The Kier molecular flexibility index (Phi) is 4.97. The van der Waals surface area contributed by atoms with E-state index in [-0.39, 0.29) is 0 Å². The summed E-state index contributed by atoms with van der Waals surface area (Å²) in [4.78, 5) is 2.63. The smallest absolute Gasteiger partial charge is 0.0207 e. The van der Waals surface area contributed by atoms with Crippen molar-refractivity contribution in [2.45, 2.75) is 51.5 Å². The lowest BCUT2D eigenvalue weighted by Crippen LogP contribution is -2.39. The largest absolute Gasteiger partial charge is 0.312 e. The average molecular weight is 286 g/mol. The van der Waals surface area contributed by atoms with Gasteiger partial charge < -0.3 is 10.2 Å². The van der Waals surface area contributed by atoms with Crippen molar-refractivity contribution in [3.05, 3.63) is 35.9 Å². The van der Waals surface area contributed by atoms with Crippen LogP contribution in [0.25, 0.3) is 0 Å². The molecular weight excluding hydrogens is 256 g/mol. The highest BCUT2D eigenvalue weighted by atomic mass is 15.2. The molecule has 1 unspecified atom stereocenters. The zero-order valence-electron chi connectivity index (χ0n) is 13.5. The van der Waals surface area contributed by atoms with Crippen LogP contribution >= 0.6 is 0 Å². The van der Waals surface area contributed by atoms with Crippen LogP contribution in [-0.4, -0.2) is 37.1 Å². The van der Waals surface area contributed by atoms with Crippen LogP contribution in [0, 0.1) is 5.41 Å². The normalized spacial score (nSPS) is 25.5. The van der Waals surface area contributed by atoms with Gasteiger partial charge in [0.2, 0.25) is 0 Å². The lowest BCUT2D eigenvalue weighted by atomic mass is 9.88. The molecule has 3 rings (SSSR count). The molecule has 2 aliphatic rings. The summed E-state index contributed by atoms with van der Waals surface area (Å²) < 4.78 is 0. The number of hydrogen-bond acceptors (Lipinski definition) is 2. The van der Waals surface area contributed by atoms with Crippen molar-refractivity contribution < 1.29 is 0 Å². The highest BCUT2D eigenvalue weighted by Crippen LogP contribution is 2.36. The minimum Gasteiger partial charge on any atom is -0.312 e. The van der Waals surface area contributed by atoms with Gasteiger partial charge in [0.1, 0.15) is 0 Å². The molecule has 0 amide bonds. The number of nitrogens with one attached hydrogen (secondary N) is 1. The van der Waals surface area contributed by atoms with Crippen molar-refractivity contribution in [2.75, 3.05) is 26.2 Å². The summed E-state index contributed by atoms with van der Waals surface area (Å²) in [6.07, 6.45) is 8.23. The van der Waals surface area contributed by atoms with E-state index in [1.807, 2.05) is 0 Å². The molecule has 1 aliphatic carbocycles. The first-order valence-electron chi connectivity index (χ1n) is 8.73. The maximum Gasteiger partial charge on any atom is 0.0207 e. The van der Waals surface area contributed by atoms with E-state index in [9.17, 15) is 0 Å². The second-order valence-corrected chi connectivity index (χ2v) is 7.42. The van der Waals surface area contributed by atoms with Gasteiger partial charge in [-0.1, -0.05) is 50.1 Å². The SMILES string of the molecule is CC1(CNC2CCN(CCc3ccccc3)C2)CCCC1. The van der Waals surface area contributed by atoms with E-state index in [4.69, 9.17) is 0 Å². The fourth-order valence-corrected chi connectivity index (χ4v) is 3.93. The Morgan fingerprint density at radius 2 is 1.95 bits per heavy atom. The molecular formula is C19H30N2. The van der Waals surface area contributed by atoms with Gasteiger partial charge in [-0.05, 0) is 43.2 Å². The van der Waals surface area contributed by atoms with Crippen LogP contribution in [0.15, 0.2) is 30.3 Å². The molecule has 1 saturated carbocycles. The molecule has 116 valence electrons. The van der Waals surface area contributed by atoms with Crippen LogP contribution in [0.2, 0.25) is 0 Å². The number of likely N-dealkylation sites (tertiary alicyclic amines) is 1. The van der Waals surface area contributed by atoms with E-state index in [1.165, 1.54) is 70.3 Å². The van der Waals surface area contributed by atoms with Crippen molar-refractivity contribution in [3.8, 4) is 0 Å². The molecule has 0 aromatic heterocycles. The molecule has 1 aromatic carbocycles. The zero-order valence-corrected chi connectivity index (χ0v) is 13.5. The Morgan fingerprint density at radius 3 is 2.71 bits per heavy atom. The molecule has 2 fully saturated rings. The summed E-state index contributed by atoms with van der Waals surface area (Å²) in [7, 11) is 0. The van der Waals surface area contributed by atoms with Gasteiger partial charge in [-0.3, -0.25) is 0 Å². The molecule has 1 N–H and O–H groups in total. The quantitative estimate of drug-likeness (QED) is 0.861. The number of nitrogens with zero attached hydrogens (tertiary/aromatic N) is 1. The average Bonchev–Trinajstić information content (AvgIpc) is 3.14. The number of rotatable bonds is 6. The fourth-order valence-electron chi connectivity index (χ4n) is 3.93. The maximum atomic E-state index is 3.85. The lowest BCUT2D eigenvalue weighted by Gasteiger charge is -2.26. The summed E-state index contributed by atoms with van der Waals surface area (Å²) in [5.74, 6) is 0. The molecule has 2 nitrogen and oxygen atoms in total. The van der Waals surface area contributed by atoms with Crippen LogP contribution in [0.5, 0.6) is 0 Å². The maximum absolute atomic E-state index is 3.85. The Balaban J connectivity index is 1.37. The second-order valence-electron chi connectivity index (χ2n) is 7.42. The number of benzene rings is 1. The Hall–Kier alpha value is -0.860. The first-order chi connectivity index (χ1) is 10.2. The van der Waals surface area contributed by atoms with E-state index >= 15 is 0 Å². The third-order valence-electron chi connectivity index (χ3n) is 5.46. The standard InChI is InChI=1S/C19H30N2/c1-19(11-5-6-12-19)16-20-18-10-14-21(15-18)13-9-17-7-3-2-4-8-17/h2-4,7-8,18,20H,5-6,9-16H2,1H3. The van der Waals surface area contributed by atoms with Crippen molar-refractivity contribution in [2.24, 2.45) is 5.41 Å². The van der Waals surface area contributed by atoms with Gasteiger partial charge in [0.15, 0.2) is 0 Å². The summed E-state index contributed by atoms with van der Waals surface area (Å²) in [5, 5.41) is 3.85. The predicted molar refractivity (Wildman–Crippen MR) is 89.6 cm³/mol. The van der Waals surface area contributed by atoms with E-state index in [2.05, 4.69) is 47.5 Å². The zero-order chi connectivity index (χ0) is 14.5. The van der Waals surface area contributed by atoms with Gasteiger partial charge >= 0.3 is 0 Å². The first kappa shape index (κ1) is 15.1. The minimum atomic E-state index is 0.581. The fraction of sp³-hybridized carbons (Fsp3) is 0.684. The molecule has 21 heavy (non-hydrogen) atoms. The van der Waals surface area contributed by atoms with Crippen molar-refractivity contribution in [3.63, 3.8) is 0 Å². The summed E-state index contributed by atoms with van der Waals surface area (Å²) in [6, 6.07) is 11.6. The lowest BCUT2D eigenvalue weighted by molar-refractivity contribution is 0.286. The van der Waals surface area contributed by atoms with Crippen LogP contribution in [0.3, 0.4) is 0 Å². The van der Waals surface area contributed by atoms with Crippen LogP contribution < -0.4 is 5.32 Å². The highest BCUT2D eigenvalue weighted by molar-refractivity contribution is 5.14. The molecule has 0 spiro atoms. The van der Waals surface area contributed by atoms with Crippen LogP contribution in [-0.2, 0) is 6.42 Å². The highest BCUT2D eigenvalue weighted by Gasteiger charge is 2.30. The third kappa shape index (κ3) is 4.31. The van der Waals surface area contributed by atoms with E-state index < -0.39 is 0 Å². The summed E-state index contributed by atoms with van der Waals surface area (Å²) in [5.41, 5.74) is 2.05. The summed E-state index contributed by atoms with van der Waals surface area (Å²) >= 11 is 0. The van der Waals surface area contributed by atoms with Crippen molar-refractivity contribution in [1.82, 2.24) is 10.2 Å². The summed E-state index contributed by atoms with van der Waals surface area (Å²) in [6.45, 7) is 7.41. The van der Waals surface area contributed by atoms with Gasteiger partial charge in [0, 0.05) is 25.7 Å². The molecule has 1 heterocycles. The predicted octanol–water partition coefficient (Wildman–Crippen LogP) is 3.47. The van der Waals surface area contributed by atoms with Crippen LogP contribution in [0.1, 0.15) is 44.6 Å². The van der Waals surface area contributed by atoms with E-state index in [0.29, 0.717) is 5.41 Å².